The fourth-order valence-electron chi connectivity index (χ4n) is 9.20. The number of Topliss-reactive ketones (excluding diaryl/α,β-unsaturated/α-hetero) is 1. The first-order valence-electron chi connectivity index (χ1n) is 17.1. The van der Waals surface area contributed by atoms with Crippen molar-refractivity contribution in [2.45, 2.75) is 148 Å². The highest BCUT2D eigenvalue weighted by atomic mass is 16.6. The van der Waals surface area contributed by atoms with Crippen LogP contribution >= 0.6 is 0 Å². The van der Waals surface area contributed by atoms with Crippen LogP contribution in [0.5, 0.6) is 0 Å². The smallest absolute Gasteiger partial charge is 0.306 e. The molecule has 0 spiro atoms. The summed E-state index contributed by atoms with van der Waals surface area (Å²) in [7, 11) is 0. The van der Waals surface area contributed by atoms with E-state index in [0.29, 0.717) is 17.6 Å². The van der Waals surface area contributed by atoms with Crippen molar-refractivity contribution in [3.05, 3.63) is 23.3 Å². The highest BCUT2D eigenvalue weighted by molar-refractivity contribution is 6.04. The molecule has 4 aliphatic carbocycles. The van der Waals surface area contributed by atoms with E-state index in [1.54, 1.807) is 26.0 Å². The van der Waals surface area contributed by atoms with Crippen LogP contribution in [0, 0.1) is 29.1 Å². The van der Waals surface area contributed by atoms with E-state index in [1.807, 2.05) is 13.8 Å². The average Bonchev–Trinajstić information content (AvgIpc) is 3.38. The Balaban J connectivity index is 1.51. The summed E-state index contributed by atoms with van der Waals surface area (Å²) >= 11 is 0. The number of hydrogen-bond donors (Lipinski definition) is 3. The molecular formula is C36H56O8. The van der Waals surface area contributed by atoms with Crippen molar-refractivity contribution in [3.63, 3.8) is 0 Å². The Morgan fingerprint density at radius 2 is 1.52 bits per heavy atom. The Kier molecular flexibility index (Phi) is 10.6. The SMILES string of the molecule is CCCCCCCCCCCCCC(=O)O[C@@H]1[C@@H](C)[C@@]2(O)[C@H](C=C(CO)C[C@]3(O)C(=O)C(C)=C[C@@H]23)[C@@H]2C(C)(C)[C@@]12OC(C)=O. The number of carbonyl (C=O) groups excluding carboxylic acids is 3. The Bertz CT molecular complexity index is 1150. The summed E-state index contributed by atoms with van der Waals surface area (Å²) in [6.45, 7) is 10.4. The van der Waals surface area contributed by atoms with E-state index in [2.05, 4.69) is 6.92 Å². The van der Waals surface area contributed by atoms with Crippen LogP contribution in [0.3, 0.4) is 0 Å². The molecule has 0 aromatic heterocycles. The molecule has 4 rings (SSSR count). The van der Waals surface area contributed by atoms with E-state index in [1.165, 1.54) is 51.9 Å². The number of carbonyl (C=O) groups is 3. The maximum atomic E-state index is 13.3. The van der Waals surface area contributed by atoms with Gasteiger partial charge >= 0.3 is 11.9 Å². The van der Waals surface area contributed by atoms with Gasteiger partial charge in [-0.15, -0.1) is 0 Å². The third kappa shape index (κ3) is 5.84. The van der Waals surface area contributed by atoms with E-state index >= 15 is 0 Å². The van der Waals surface area contributed by atoms with Crippen molar-refractivity contribution in [1.82, 2.24) is 0 Å². The lowest BCUT2D eigenvalue weighted by atomic mass is 9.59. The van der Waals surface area contributed by atoms with Crippen molar-refractivity contribution >= 4 is 17.7 Å². The van der Waals surface area contributed by atoms with Crippen LogP contribution in [0.2, 0.25) is 0 Å². The number of ether oxygens (including phenoxy) is 2. The van der Waals surface area contributed by atoms with Gasteiger partial charge in [-0.3, -0.25) is 14.4 Å². The molecule has 44 heavy (non-hydrogen) atoms. The molecule has 8 atom stereocenters. The summed E-state index contributed by atoms with van der Waals surface area (Å²) in [4.78, 5) is 39.1. The molecular weight excluding hydrogens is 560 g/mol. The molecule has 0 heterocycles. The molecule has 0 aromatic carbocycles. The van der Waals surface area contributed by atoms with Crippen molar-refractivity contribution in [2.75, 3.05) is 6.61 Å². The predicted octanol–water partition coefficient (Wildman–Crippen LogP) is 5.75. The third-order valence-electron chi connectivity index (χ3n) is 11.5. The van der Waals surface area contributed by atoms with E-state index in [9.17, 15) is 29.7 Å². The molecule has 3 N–H and O–H groups in total. The lowest BCUT2D eigenvalue weighted by molar-refractivity contribution is -0.228. The Morgan fingerprint density at radius 1 is 0.955 bits per heavy atom. The predicted molar refractivity (Wildman–Crippen MR) is 167 cm³/mol. The van der Waals surface area contributed by atoms with Crippen molar-refractivity contribution < 1.29 is 39.2 Å². The molecule has 0 aliphatic heterocycles. The quantitative estimate of drug-likeness (QED) is 0.120. The van der Waals surface area contributed by atoms with Gasteiger partial charge in [0, 0.05) is 48.9 Å². The standard InChI is InChI=1S/C36H56O8/c1-7-8-9-10-11-12-13-14-15-16-17-18-29(39)43-32-24(3)35(42)27(30-33(5,6)36(30,32)44-25(4)38)20-26(22-37)21-34(41)28(35)19-23(2)31(34)40/h19-20,24,27-28,30,32,37,41-42H,7-18,21-22H2,1-6H3/t24-,27-,28-,30-,32-,34-,35-,36+/m1/s1. The van der Waals surface area contributed by atoms with Crippen LogP contribution in [0.25, 0.3) is 0 Å². The molecule has 2 saturated carbocycles. The van der Waals surface area contributed by atoms with Gasteiger partial charge in [0.2, 0.25) is 0 Å². The Labute approximate surface area is 263 Å². The molecule has 248 valence electrons. The van der Waals surface area contributed by atoms with Crippen LogP contribution < -0.4 is 0 Å². The molecule has 0 saturated heterocycles. The molecule has 4 aliphatic rings. The fraction of sp³-hybridized carbons (Fsp3) is 0.806. The summed E-state index contributed by atoms with van der Waals surface area (Å²) in [6.07, 6.45) is 15.4. The number of aliphatic hydroxyl groups excluding tert-OH is 1. The van der Waals surface area contributed by atoms with Gasteiger partial charge in [0.05, 0.1) is 12.2 Å². The molecule has 0 radical (unpaired) electrons. The zero-order valence-corrected chi connectivity index (χ0v) is 27.8. The fourth-order valence-corrected chi connectivity index (χ4v) is 9.20. The molecule has 0 unspecified atom stereocenters. The number of fused-ring (bicyclic) bond motifs is 5. The van der Waals surface area contributed by atoms with Gasteiger partial charge in [-0.2, -0.15) is 0 Å². The van der Waals surface area contributed by atoms with Crippen molar-refractivity contribution in [3.8, 4) is 0 Å². The normalized spacial score (nSPS) is 36.8. The van der Waals surface area contributed by atoms with Crippen LogP contribution in [0.15, 0.2) is 23.3 Å². The van der Waals surface area contributed by atoms with Gasteiger partial charge in [0.1, 0.15) is 11.7 Å². The second-order valence-corrected chi connectivity index (χ2v) is 14.7. The minimum absolute atomic E-state index is 0.108. The van der Waals surface area contributed by atoms with Crippen LogP contribution in [-0.2, 0) is 23.9 Å². The molecule has 0 aromatic rings. The largest absolute Gasteiger partial charge is 0.458 e. The minimum atomic E-state index is -1.93. The van der Waals surface area contributed by atoms with E-state index < -0.39 is 69.7 Å². The average molecular weight is 617 g/mol. The molecule has 0 amide bonds. The van der Waals surface area contributed by atoms with Gasteiger partial charge in [-0.05, 0) is 24.5 Å². The maximum Gasteiger partial charge on any atom is 0.306 e. The lowest BCUT2D eigenvalue weighted by Crippen LogP contribution is -2.66. The van der Waals surface area contributed by atoms with Crippen LogP contribution in [0.1, 0.15) is 125 Å². The van der Waals surface area contributed by atoms with Gasteiger partial charge in [-0.25, -0.2) is 0 Å². The van der Waals surface area contributed by atoms with Gasteiger partial charge < -0.3 is 24.8 Å². The molecule has 8 nitrogen and oxygen atoms in total. The second-order valence-electron chi connectivity index (χ2n) is 14.7. The highest BCUT2D eigenvalue weighted by Gasteiger charge is 2.87. The number of ketones is 1. The molecule has 2 fully saturated rings. The molecule has 8 heteroatoms. The summed E-state index contributed by atoms with van der Waals surface area (Å²) < 4.78 is 12.3. The number of hydrogen-bond acceptors (Lipinski definition) is 8. The Hall–Kier alpha value is -2.03. The second kappa shape index (κ2) is 13.4. The van der Waals surface area contributed by atoms with Crippen molar-refractivity contribution in [2.24, 2.45) is 29.1 Å². The number of unbranched alkanes of at least 4 members (excludes halogenated alkanes) is 10. The number of aliphatic hydroxyl groups is 3. The van der Waals surface area contributed by atoms with E-state index in [0.717, 1.165) is 19.3 Å². The number of esters is 2. The van der Waals surface area contributed by atoms with E-state index in [-0.39, 0.29) is 19.4 Å². The summed E-state index contributed by atoms with van der Waals surface area (Å²) in [5.41, 5.74) is -4.71. The zero-order valence-electron chi connectivity index (χ0n) is 27.8. The van der Waals surface area contributed by atoms with Crippen molar-refractivity contribution in [1.29, 1.82) is 0 Å². The highest BCUT2D eigenvalue weighted by Crippen LogP contribution is 2.77. The lowest BCUT2D eigenvalue weighted by Gasteiger charge is -2.53. The van der Waals surface area contributed by atoms with Crippen LogP contribution in [-0.4, -0.2) is 62.6 Å². The molecule has 0 bridgehead atoms. The summed E-state index contributed by atoms with van der Waals surface area (Å²) in [6, 6.07) is 0. The Morgan fingerprint density at radius 3 is 2.07 bits per heavy atom. The van der Waals surface area contributed by atoms with Gasteiger partial charge in [0.15, 0.2) is 11.4 Å². The van der Waals surface area contributed by atoms with Gasteiger partial charge in [0.25, 0.3) is 0 Å². The van der Waals surface area contributed by atoms with E-state index in [4.69, 9.17) is 9.47 Å². The monoisotopic (exact) mass is 616 g/mol. The number of rotatable bonds is 15. The summed E-state index contributed by atoms with van der Waals surface area (Å²) in [5.74, 6) is -4.29. The topological polar surface area (TPSA) is 130 Å². The first kappa shape index (κ1) is 34.8. The minimum Gasteiger partial charge on any atom is -0.458 e. The zero-order chi connectivity index (χ0) is 32.5. The third-order valence-corrected chi connectivity index (χ3v) is 11.5. The maximum absolute atomic E-state index is 13.3. The van der Waals surface area contributed by atoms with Crippen LogP contribution in [0.4, 0.5) is 0 Å². The summed E-state index contributed by atoms with van der Waals surface area (Å²) in [5, 5.41) is 34.8. The van der Waals surface area contributed by atoms with Gasteiger partial charge in [-0.1, -0.05) is 104 Å². The first-order valence-corrected chi connectivity index (χ1v) is 17.1. The first-order chi connectivity index (χ1) is 20.7.